The maximum absolute atomic E-state index is 12.0. The van der Waals surface area contributed by atoms with Crippen LogP contribution in [0.1, 0.15) is 38.7 Å². The Bertz CT molecular complexity index is 435. The number of anilines is 1. The Labute approximate surface area is 115 Å². The number of hydrogen-bond acceptors (Lipinski definition) is 2. The van der Waals surface area contributed by atoms with Gasteiger partial charge in [-0.2, -0.15) is 0 Å². The van der Waals surface area contributed by atoms with E-state index in [4.69, 9.17) is 0 Å². The number of rotatable bonds is 6. The van der Waals surface area contributed by atoms with Crippen molar-refractivity contribution in [1.29, 1.82) is 0 Å². The van der Waals surface area contributed by atoms with Gasteiger partial charge in [0.05, 0.1) is 6.04 Å². The minimum atomic E-state index is -0.148. The van der Waals surface area contributed by atoms with Crippen molar-refractivity contribution in [2.24, 2.45) is 5.41 Å². The Balaban J connectivity index is 1.80. The van der Waals surface area contributed by atoms with Gasteiger partial charge in [0.25, 0.3) is 0 Å². The zero-order chi connectivity index (χ0) is 13.9. The van der Waals surface area contributed by atoms with Crippen LogP contribution in [0.25, 0.3) is 0 Å². The maximum atomic E-state index is 12.0. The van der Waals surface area contributed by atoms with Gasteiger partial charge in [-0.3, -0.25) is 4.79 Å². The fourth-order valence-electron chi connectivity index (χ4n) is 2.18. The van der Waals surface area contributed by atoms with Crippen LogP contribution >= 0.6 is 0 Å². The molecular formula is C16H24N2O. The van der Waals surface area contributed by atoms with E-state index in [0.29, 0.717) is 5.41 Å². The van der Waals surface area contributed by atoms with Crippen LogP contribution in [0.15, 0.2) is 24.3 Å². The highest BCUT2D eigenvalue weighted by Gasteiger charge is 2.40. The smallest absolute Gasteiger partial charge is 0.241 e. The Morgan fingerprint density at radius 1 is 1.32 bits per heavy atom. The van der Waals surface area contributed by atoms with Gasteiger partial charge in [0.1, 0.15) is 0 Å². The van der Waals surface area contributed by atoms with Crippen molar-refractivity contribution in [2.45, 2.75) is 46.1 Å². The second-order valence-corrected chi connectivity index (χ2v) is 5.81. The summed E-state index contributed by atoms with van der Waals surface area (Å²) in [7, 11) is 0. The van der Waals surface area contributed by atoms with Gasteiger partial charge in [0, 0.05) is 12.2 Å². The number of aryl methyl sites for hydroxylation is 1. The zero-order valence-electron chi connectivity index (χ0n) is 12.1. The summed E-state index contributed by atoms with van der Waals surface area (Å²) >= 11 is 0. The molecule has 0 aliphatic heterocycles. The molecule has 1 saturated carbocycles. The van der Waals surface area contributed by atoms with Crippen molar-refractivity contribution in [3.05, 3.63) is 29.8 Å². The van der Waals surface area contributed by atoms with Crippen LogP contribution in [-0.4, -0.2) is 18.5 Å². The van der Waals surface area contributed by atoms with Crippen molar-refractivity contribution >= 4 is 11.6 Å². The molecule has 0 saturated heterocycles. The van der Waals surface area contributed by atoms with Crippen molar-refractivity contribution in [3.63, 3.8) is 0 Å². The number of benzene rings is 1. The molecule has 1 aromatic carbocycles. The van der Waals surface area contributed by atoms with Crippen LogP contribution in [0.3, 0.4) is 0 Å². The van der Waals surface area contributed by atoms with E-state index >= 15 is 0 Å². The Hall–Kier alpha value is -1.35. The van der Waals surface area contributed by atoms with Crippen LogP contribution < -0.4 is 10.6 Å². The van der Waals surface area contributed by atoms with Crippen molar-refractivity contribution < 1.29 is 4.79 Å². The minimum absolute atomic E-state index is 0.0377. The quantitative estimate of drug-likeness (QED) is 0.825. The highest BCUT2D eigenvalue weighted by molar-refractivity contribution is 5.94. The molecular weight excluding hydrogens is 236 g/mol. The second-order valence-electron chi connectivity index (χ2n) is 5.81. The predicted molar refractivity (Wildman–Crippen MR) is 79.2 cm³/mol. The number of amides is 1. The molecule has 3 heteroatoms. The monoisotopic (exact) mass is 260 g/mol. The molecule has 1 aliphatic rings. The topological polar surface area (TPSA) is 41.1 Å². The third kappa shape index (κ3) is 3.80. The van der Waals surface area contributed by atoms with E-state index < -0.39 is 0 Å². The third-order valence-corrected chi connectivity index (χ3v) is 4.20. The Morgan fingerprint density at radius 2 is 1.95 bits per heavy atom. The molecule has 2 N–H and O–H groups in total. The van der Waals surface area contributed by atoms with E-state index in [9.17, 15) is 4.79 Å². The van der Waals surface area contributed by atoms with E-state index in [2.05, 4.69) is 17.6 Å². The first-order valence-electron chi connectivity index (χ1n) is 7.16. The molecule has 0 bridgehead atoms. The molecule has 2 rings (SSSR count). The summed E-state index contributed by atoms with van der Waals surface area (Å²) in [4.78, 5) is 12.0. The summed E-state index contributed by atoms with van der Waals surface area (Å²) in [5, 5.41) is 6.30. The number of carbonyl (C=O) groups is 1. The lowest BCUT2D eigenvalue weighted by molar-refractivity contribution is -0.117. The molecule has 104 valence electrons. The predicted octanol–water partition coefficient (Wildman–Crippen LogP) is 3.10. The maximum Gasteiger partial charge on any atom is 0.241 e. The molecule has 1 unspecified atom stereocenters. The normalized spacial score (nSPS) is 17.8. The molecule has 19 heavy (non-hydrogen) atoms. The van der Waals surface area contributed by atoms with E-state index in [1.165, 1.54) is 24.8 Å². The summed E-state index contributed by atoms with van der Waals surface area (Å²) in [6.07, 6.45) is 3.79. The fourth-order valence-corrected chi connectivity index (χ4v) is 2.18. The number of hydrogen-bond donors (Lipinski definition) is 2. The van der Waals surface area contributed by atoms with E-state index in [0.717, 1.165) is 12.2 Å². The lowest BCUT2D eigenvalue weighted by Gasteiger charge is -2.18. The van der Waals surface area contributed by atoms with Crippen LogP contribution in [0.5, 0.6) is 0 Å². The molecule has 0 spiro atoms. The zero-order valence-corrected chi connectivity index (χ0v) is 12.1. The third-order valence-electron chi connectivity index (χ3n) is 4.20. The van der Waals surface area contributed by atoms with Gasteiger partial charge in [-0.25, -0.2) is 0 Å². The van der Waals surface area contributed by atoms with E-state index in [-0.39, 0.29) is 11.9 Å². The van der Waals surface area contributed by atoms with Gasteiger partial charge in [-0.1, -0.05) is 24.6 Å². The first kappa shape index (κ1) is 14.1. The molecule has 1 aliphatic carbocycles. The molecule has 3 nitrogen and oxygen atoms in total. The van der Waals surface area contributed by atoms with Gasteiger partial charge in [0.2, 0.25) is 5.91 Å². The number of nitrogens with one attached hydrogen (secondary N) is 2. The van der Waals surface area contributed by atoms with Crippen LogP contribution in [0, 0.1) is 12.3 Å². The van der Waals surface area contributed by atoms with Gasteiger partial charge < -0.3 is 10.6 Å². The summed E-state index contributed by atoms with van der Waals surface area (Å²) in [6.45, 7) is 7.14. The average molecular weight is 260 g/mol. The largest absolute Gasteiger partial charge is 0.325 e. The lowest BCUT2D eigenvalue weighted by Crippen LogP contribution is -2.40. The molecule has 1 atom stereocenters. The second kappa shape index (κ2) is 5.74. The lowest BCUT2D eigenvalue weighted by atomic mass is 10.0. The average Bonchev–Trinajstić information content (AvgIpc) is 3.19. The standard InChI is InChI=1S/C16H24N2O/c1-4-16(9-10-16)11-17-13(3)15(19)18-14-7-5-12(2)6-8-14/h5-8,13,17H,4,9-11H2,1-3H3,(H,18,19). The molecule has 1 amide bonds. The van der Waals surface area contributed by atoms with Gasteiger partial charge >= 0.3 is 0 Å². The summed E-state index contributed by atoms with van der Waals surface area (Å²) in [6, 6.07) is 7.74. The van der Waals surface area contributed by atoms with Crippen LogP contribution in [0.2, 0.25) is 0 Å². The van der Waals surface area contributed by atoms with Crippen LogP contribution in [-0.2, 0) is 4.79 Å². The minimum Gasteiger partial charge on any atom is -0.325 e. The van der Waals surface area contributed by atoms with E-state index in [1.807, 2.05) is 38.1 Å². The highest BCUT2D eigenvalue weighted by Crippen LogP contribution is 2.47. The van der Waals surface area contributed by atoms with E-state index in [1.54, 1.807) is 0 Å². The molecule has 0 radical (unpaired) electrons. The fraction of sp³-hybridized carbons (Fsp3) is 0.562. The SMILES string of the molecule is CCC1(CNC(C)C(=O)Nc2ccc(C)cc2)CC1. The first-order chi connectivity index (χ1) is 9.04. The summed E-state index contributed by atoms with van der Waals surface area (Å²) in [5.74, 6) is 0.0377. The van der Waals surface area contributed by atoms with Crippen molar-refractivity contribution in [1.82, 2.24) is 5.32 Å². The highest BCUT2D eigenvalue weighted by atomic mass is 16.2. The Kier molecular flexibility index (Phi) is 4.25. The Morgan fingerprint density at radius 3 is 2.47 bits per heavy atom. The van der Waals surface area contributed by atoms with Crippen molar-refractivity contribution in [2.75, 3.05) is 11.9 Å². The molecule has 0 aromatic heterocycles. The van der Waals surface area contributed by atoms with Gasteiger partial charge in [0.15, 0.2) is 0 Å². The van der Waals surface area contributed by atoms with Crippen LogP contribution in [0.4, 0.5) is 5.69 Å². The number of carbonyl (C=O) groups excluding carboxylic acids is 1. The van der Waals surface area contributed by atoms with Crippen molar-refractivity contribution in [3.8, 4) is 0 Å². The molecule has 1 fully saturated rings. The van der Waals surface area contributed by atoms with Gasteiger partial charge in [-0.05, 0) is 50.7 Å². The summed E-state index contributed by atoms with van der Waals surface area (Å²) < 4.78 is 0. The molecule has 0 heterocycles. The summed E-state index contributed by atoms with van der Waals surface area (Å²) in [5.41, 5.74) is 2.53. The first-order valence-corrected chi connectivity index (χ1v) is 7.16. The van der Waals surface area contributed by atoms with Gasteiger partial charge in [-0.15, -0.1) is 0 Å². The molecule has 1 aromatic rings.